The summed E-state index contributed by atoms with van der Waals surface area (Å²) in [5, 5.41) is 0. The molecule has 0 aliphatic carbocycles. The average molecular weight is 248 g/mol. The molecule has 18 heavy (non-hydrogen) atoms. The van der Waals surface area contributed by atoms with E-state index < -0.39 is 0 Å². The van der Waals surface area contributed by atoms with E-state index in [1.807, 2.05) is 0 Å². The van der Waals surface area contributed by atoms with Gasteiger partial charge in [0.05, 0.1) is 6.61 Å². The van der Waals surface area contributed by atoms with E-state index in [2.05, 4.69) is 36.9 Å². The van der Waals surface area contributed by atoms with Gasteiger partial charge in [0.15, 0.2) is 0 Å². The van der Waals surface area contributed by atoms with E-state index in [0.29, 0.717) is 6.04 Å². The van der Waals surface area contributed by atoms with Crippen LogP contribution in [0, 0.1) is 6.92 Å². The van der Waals surface area contributed by atoms with Gasteiger partial charge in [0, 0.05) is 24.8 Å². The van der Waals surface area contributed by atoms with Crippen LogP contribution in [0.1, 0.15) is 31.7 Å². The van der Waals surface area contributed by atoms with E-state index in [4.69, 9.17) is 10.5 Å². The lowest BCUT2D eigenvalue weighted by atomic mass is 10.0. The quantitative estimate of drug-likeness (QED) is 0.890. The van der Waals surface area contributed by atoms with Gasteiger partial charge >= 0.3 is 0 Å². The van der Waals surface area contributed by atoms with Crippen molar-refractivity contribution in [1.82, 2.24) is 0 Å². The van der Waals surface area contributed by atoms with Gasteiger partial charge in [0.2, 0.25) is 0 Å². The molecular formula is C15H24N2O. The van der Waals surface area contributed by atoms with Gasteiger partial charge in [0.1, 0.15) is 5.75 Å². The molecule has 1 aliphatic heterocycles. The van der Waals surface area contributed by atoms with Crippen LogP contribution in [0.15, 0.2) is 18.2 Å². The Labute approximate surface area is 110 Å². The fourth-order valence-corrected chi connectivity index (χ4v) is 2.43. The molecule has 0 radical (unpaired) electrons. The lowest BCUT2D eigenvalue weighted by Crippen LogP contribution is -2.39. The fourth-order valence-electron chi connectivity index (χ4n) is 2.43. The second-order valence-electron chi connectivity index (χ2n) is 5.12. The van der Waals surface area contributed by atoms with E-state index in [1.54, 1.807) is 0 Å². The van der Waals surface area contributed by atoms with Crippen molar-refractivity contribution in [3.63, 3.8) is 0 Å². The van der Waals surface area contributed by atoms with Crippen molar-refractivity contribution in [2.75, 3.05) is 24.6 Å². The number of ether oxygens (including phenoxy) is 1. The van der Waals surface area contributed by atoms with Crippen LogP contribution in [0.2, 0.25) is 0 Å². The molecule has 0 amide bonds. The van der Waals surface area contributed by atoms with Crippen molar-refractivity contribution in [3.05, 3.63) is 23.8 Å². The third-order valence-corrected chi connectivity index (χ3v) is 3.52. The molecule has 1 aliphatic rings. The highest BCUT2D eigenvalue weighted by atomic mass is 16.5. The molecule has 100 valence electrons. The molecule has 1 heterocycles. The highest BCUT2D eigenvalue weighted by Gasteiger charge is 2.17. The summed E-state index contributed by atoms with van der Waals surface area (Å²) in [5.41, 5.74) is 8.56. The van der Waals surface area contributed by atoms with Crippen molar-refractivity contribution < 1.29 is 4.74 Å². The summed E-state index contributed by atoms with van der Waals surface area (Å²) in [6.07, 6.45) is 3.23. The smallest absolute Gasteiger partial charge is 0.119 e. The van der Waals surface area contributed by atoms with E-state index in [1.165, 1.54) is 11.3 Å². The summed E-state index contributed by atoms with van der Waals surface area (Å²) >= 11 is 0. The number of hydrogen-bond donors (Lipinski definition) is 1. The van der Waals surface area contributed by atoms with Gasteiger partial charge in [-0.15, -0.1) is 0 Å². The maximum absolute atomic E-state index is 5.95. The number of anilines is 1. The van der Waals surface area contributed by atoms with Crippen molar-refractivity contribution >= 4 is 5.69 Å². The Bertz CT molecular complexity index is 384. The maximum Gasteiger partial charge on any atom is 0.119 e. The predicted molar refractivity (Wildman–Crippen MR) is 76.4 cm³/mol. The summed E-state index contributed by atoms with van der Waals surface area (Å²) in [4.78, 5) is 2.43. The molecule has 2 N–H and O–H groups in total. The lowest BCUT2D eigenvalue weighted by molar-refractivity contribution is 0.317. The molecule has 1 fully saturated rings. The number of benzene rings is 1. The zero-order valence-corrected chi connectivity index (χ0v) is 11.5. The number of nitrogens with zero attached hydrogens (tertiary/aromatic N) is 1. The zero-order chi connectivity index (χ0) is 13.0. The van der Waals surface area contributed by atoms with Crippen LogP contribution in [0.4, 0.5) is 5.69 Å². The number of aryl methyl sites for hydroxylation is 1. The highest BCUT2D eigenvalue weighted by molar-refractivity contribution is 5.56. The van der Waals surface area contributed by atoms with Gasteiger partial charge in [-0.2, -0.15) is 0 Å². The van der Waals surface area contributed by atoms with E-state index >= 15 is 0 Å². The Kier molecular flexibility index (Phi) is 4.48. The topological polar surface area (TPSA) is 38.5 Å². The molecule has 1 saturated heterocycles. The molecule has 3 heteroatoms. The van der Waals surface area contributed by atoms with Crippen molar-refractivity contribution in [2.45, 2.75) is 39.2 Å². The van der Waals surface area contributed by atoms with Crippen LogP contribution >= 0.6 is 0 Å². The van der Waals surface area contributed by atoms with Gasteiger partial charge in [0.25, 0.3) is 0 Å². The molecule has 2 rings (SSSR count). The molecular weight excluding hydrogens is 224 g/mol. The lowest BCUT2D eigenvalue weighted by Gasteiger charge is -2.33. The van der Waals surface area contributed by atoms with Gasteiger partial charge < -0.3 is 15.4 Å². The fraction of sp³-hybridized carbons (Fsp3) is 0.600. The molecule has 1 aromatic rings. The second kappa shape index (κ2) is 6.10. The van der Waals surface area contributed by atoms with Crippen molar-refractivity contribution in [2.24, 2.45) is 5.73 Å². The number of rotatable bonds is 4. The Hall–Kier alpha value is -1.22. The minimum atomic E-state index is 0.383. The monoisotopic (exact) mass is 248 g/mol. The number of hydrogen-bond acceptors (Lipinski definition) is 3. The van der Waals surface area contributed by atoms with E-state index in [-0.39, 0.29) is 0 Å². The minimum absolute atomic E-state index is 0.383. The Morgan fingerprint density at radius 1 is 1.33 bits per heavy atom. The SMILES string of the molecule is CCCOc1ccc(N2CCC(N)CC2)c(C)c1. The minimum Gasteiger partial charge on any atom is -0.494 e. The Morgan fingerprint density at radius 3 is 2.67 bits per heavy atom. The molecule has 0 spiro atoms. The average Bonchev–Trinajstić information content (AvgIpc) is 2.38. The molecule has 0 unspecified atom stereocenters. The Morgan fingerprint density at radius 2 is 2.06 bits per heavy atom. The third-order valence-electron chi connectivity index (χ3n) is 3.52. The third kappa shape index (κ3) is 3.16. The largest absolute Gasteiger partial charge is 0.494 e. The predicted octanol–water partition coefficient (Wildman–Crippen LogP) is 2.71. The highest BCUT2D eigenvalue weighted by Crippen LogP contribution is 2.27. The summed E-state index contributed by atoms with van der Waals surface area (Å²) in [6.45, 7) is 7.20. The van der Waals surface area contributed by atoms with Gasteiger partial charge in [-0.1, -0.05) is 6.92 Å². The molecule has 0 bridgehead atoms. The number of nitrogens with two attached hydrogens (primary N) is 1. The standard InChI is InChI=1S/C15H24N2O/c1-3-10-18-14-4-5-15(12(2)11-14)17-8-6-13(16)7-9-17/h4-5,11,13H,3,6-10,16H2,1-2H3. The van der Waals surface area contributed by atoms with E-state index in [9.17, 15) is 0 Å². The van der Waals surface area contributed by atoms with Crippen molar-refractivity contribution in [3.8, 4) is 5.75 Å². The van der Waals surface area contributed by atoms with Crippen molar-refractivity contribution in [1.29, 1.82) is 0 Å². The molecule has 0 saturated carbocycles. The normalized spacial score (nSPS) is 16.9. The van der Waals surface area contributed by atoms with Gasteiger partial charge in [-0.25, -0.2) is 0 Å². The second-order valence-corrected chi connectivity index (χ2v) is 5.12. The van der Waals surface area contributed by atoms with Crippen LogP contribution in [0.3, 0.4) is 0 Å². The maximum atomic E-state index is 5.95. The molecule has 0 aromatic heterocycles. The summed E-state index contributed by atoms with van der Waals surface area (Å²) in [5.74, 6) is 0.979. The van der Waals surface area contributed by atoms with Crippen LogP contribution in [0.25, 0.3) is 0 Å². The first kappa shape index (κ1) is 13.2. The number of piperidine rings is 1. The van der Waals surface area contributed by atoms with Gasteiger partial charge in [-0.05, 0) is 49.9 Å². The first-order chi connectivity index (χ1) is 8.70. The van der Waals surface area contributed by atoms with Crippen LogP contribution in [-0.4, -0.2) is 25.7 Å². The van der Waals surface area contributed by atoms with Crippen LogP contribution in [-0.2, 0) is 0 Å². The van der Waals surface area contributed by atoms with Gasteiger partial charge in [-0.3, -0.25) is 0 Å². The van der Waals surface area contributed by atoms with Crippen LogP contribution < -0.4 is 15.4 Å². The summed E-state index contributed by atoms with van der Waals surface area (Å²) in [7, 11) is 0. The first-order valence-corrected chi connectivity index (χ1v) is 6.94. The molecule has 0 atom stereocenters. The first-order valence-electron chi connectivity index (χ1n) is 6.94. The molecule has 3 nitrogen and oxygen atoms in total. The molecule has 1 aromatic carbocycles. The van der Waals surface area contributed by atoms with E-state index in [0.717, 1.165) is 44.7 Å². The van der Waals surface area contributed by atoms with Crippen LogP contribution in [0.5, 0.6) is 5.75 Å². The zero-order valence-electron chi connectivity index (χ0n) is 11.5. The Balaban J connectivity index is 2.05. The summed E-state index contributed by atoms with van der Waals surface area (Å²) in [6, 6.07) is 6.78. The summed E-state index contributed by atoms with van der Waals surface area (Å²) < 4.78 is 5.66.